The van der Waals surface area contributed by atoms with Gasteiger partial charge in [0.25, 0.3) is 0 Å². The van der Waals surface area contributed by atoms with Gasteiger partial charge in [-0.3, -0.25) is 0 Å². The van der Waals surface area contributed by atoms with Crippen LogP contribution in [0, 0.1) is 0 Å². The van der Waals surface area contributed by atoms with Crippen LogP contribution >= 0.6 is 0 Å². The molecule has 0 amide bonds. The van der Waals surface area contributed by atoms with Crippen molar-refractivity contribution in [3.8, 4) is 0 Å². The van der Waals surface area contributed by atoms with Gasteiger partial charge in [0.1, 0.15) is 0 Å². The average Bonchev–Trinajstić information content (AvgIpc) is 1.63. The van der Waals surface area contributed by atoms with Gasteiger partial charge in [0, 0.05) is 18.4 Å². The van der Waals surface area contributed by atoms with Crippen LogP contribution < -0.4 is 15.9 Å². The molecular weight excluding hydrogens is 182 g/mol. The van der Waals surface area contributed by atoms with Crippen molar-refractivity contribution in [2.24, 2.45) is 5.73 Å². The summed E-state index contributed by atoms with van der Waals surface area (Å²) in [4.78, 5) is 19.3. The smallest absolute Gasteiger partial charge is 0.550 e. The van der Waals surface area contributed by atoms with Crippen molar-refractivity contribution < 1.29 is 36.9 Å². The summed E-state index contributed by atoms with van der Waals surface area (Å²) in [5.41, 5.74) is 4.73. The van der Waals surface area contributed by atoms with E-state index in [0.717, 1.165) is 0 Å². The van der Waals surface area contributed by atoms with Gasteiger partial charge in [-0.15, -0.1) is 0 Å². The summed E-state index contributed by atoms with van der Waals surface area (Å²) in [6.07, 6.45) is -0.706. The first kappa shape index (κ1) is 12.1. The molecule has 6 heteroatoms. The van der Waals surface area contributed by atoms with Crippen LogP contribution in [-0.4, -0.2) is 18.0 Å². The summed E-state index contributed by atoms with van der Waals surface area (Å²) < 4.78 is 0. The molecule has 0 spiro atoms. The Hall–Kier alpha value is -0.581. The number of carbonyl (C=O) groups is 2. The van der Waals surface area contributed by atoms with Crippen molar-refractivity contribution in [3.05, 3.63) is 0 Å². The minimum absolute atomic E-state index is 0. The van der Waals surface area contributed by atoms with Gasteiger partial charge in [0.15, 0.2) is 0 Å². The van der Waals surface area contributed by atoms with E-state index in [1.54, 1.807) is 0 Å². The molecule has 0 aliphatic heterocycles. The molecule has 0 bridgehead atoms. The van der Waals surface area contributed by atoms with Gasteiger partial charge in [-0.05, 0) is 0 Å². The van der Waals surface area contributed by atoms with E-state index < -0.39 is 24.4 Å². The van der Waals surface area contributed by atoms with Gasteiger partial charge < -0.3 is 25.5 Å². The molecule has 57 valence electrons. The Morgan fingerprint density at radius 1 is 1.40 bits per heavy atom. The molecule has 0 saturated carbocycles. The topological polar surface area (TPSA) is 106 Å². The molecule has 1 radical (unpaired) electrons. The Labute approximate surface area is 67.7 Å². The van der Waals surface area contributed by atoms with E-state index in [1.165, 1.54) is 0 Å². The molecule has 0 rings (SSSR count). The molecule has 0 aliphatic rings. The Kier molecular flexibility index (Phi) is 6.34. The number of hydrogen-bond acceptors (Lipinski definition) is 5. The largest absolute Gasteiger partial charge is 3.00 e. The maximum atomic E-state index is 9.71. The summed E-state index contributed by atoms with van der Waals surface area (Å²) in [5, 5.41) is 19.3. The van der Waals surface area contributed by atoms with Crippen molar-refractivity contribution in [1.29, 1.82) is 0 Å². The normalized spacial score (nSPS) is 11.3. The molecule has 0 aromatic carbocycles. The maximum absolute atomic E-state index is 9.71. The Morgan fingerprint density at radius 2 is 1.80 bits per heavy atom. The first-order valence-corrected chi connectivity index (χ1v) is 2.20. The Morgan fingerprint density at radius 3 is 1.90 bits per heavy atom. The minimum atomic E-state index is -1.58. The fraction of sp³-hybridized carbons (Fsp3) is 0.500. The average molecular weight is 187 g/mol. The van der Waals surface area contributed by atoms with Crippen LogP contribution in [0.25, 0.3) is 0 Å². The van der Waals surface area contributed by atoms with Crippen LogP contribution in [0.15, 0.2) is 0 Å². The molecule has 10 heavy (non-hydrogen) atoms. The van der Waals surface area contributed by atoms with Crippen molar-refractivity contribution in [1.82, 2.24) is 0 Å². The van der Waals surface area contributed by atoms with Gasteiger partial charge in [-0.2, -0.15) is 0 Å². The fourth-order valence-corrected chi connectivity index (χ4v) is 0.263. The molecule has 5 nitrogen and oxygen atoms in total. The first-order valence-electron chi connectivity index (χ1n) is 2.20. The number of hydrogen-bond donors (Lipinski definition) is 1. The molecular formula is C4H5FeNO4+. The van der Waals surface area contributed by atoms with Gasteiger partial charge in [-0.25, -0.2) is 0 Å². The number of nitrogens with two attached hydrogens (primary N) is 1. The van der Waals surface area contributed by atoms with Crippen LogP contribution in [0.2, 0.25) is 0 Å². The van der Waals surface area contributed by atoms with E-state index in [1.807, 2.05) is 0 Å². The molecule has 0 fully saturated rings. The van der Waals surface area contributed by atoms with Crippen LogP contribution in [0.3, 0.4) is 0 Å². The standard InChI is InChI=1S/C4H7NO4.Fe/c5-2(4(8)9)1-3(6)7;/h2H,1,5H2,(H,6,7)(H,8,9);/q;+3/p-2/t2-;/m0./s1. The molecule has 0 saturated heterocycles. The van der Waals surface area contributed by atoms with Crippen molar-refractivity contribution in [3.63, 3.8) is 0 Å². The summed E-state index contributed by atoms with van der Waals surface area (Å²) in [7, 11) is 0. The molecule has 1 atom stereocenters. The minimum Gasteiger partial charge on any atom is -0.550 e. The van der Waals surface area contributed by atoms with E-state index in [-0.39, 0.29) is 17.1 Å². The number of carboxylic acid groups (broad SMARTS) is 2. The van der Waals surface area contributed by atoms with E-state index in [9.17, 15) is 19.8 Å². The summed E-state index contributed by atoms with van der Waals surface area (Å²) in [5.74, 6) is -3.08. The molecule has 0 aliphatic carbocycles. The van der Waals surface area contributed by atoms with E-state index in [4.69, 9.17) is 5.73 Å². The zero-order valence-corrected chi connectivity index (χ0v) is 5.95. The number of aliphatic carboxylic acids is 2. The first-order chi connectivity index (χ1) is 4.04. The number of carbonyl (C=O) groups excluding carboxylic acids is 2. The summed E-state index contributed by atoms with van der Waals surface area (Å²) in [6, 6.07) is -1.46. The van der Waals surface area contributed by atoms with Gasteiger partial charge in [0.2, 0.25) is 0 Å². The third kappa shape index (κ3) is 5.55. The van der Waals surface area contributed by atoms with Crippen molar-refractivity contribution >= 4 is 11.9 Å². The van der Waals surface area contributed by atoms with Crippen LogP contribution in [0.1, 0.15) is 6.42 Å². The molecule has 2 N–H and O–H groups in total. The zero-order valence-electron chi connectivity index (χ0n) is 4.85. The Balaban J connectivity index is 0. The van der Waals surface area contributed by atoms with Crippen LogP contribution in [-0.2, 0) is 26.7 Å². The predicted octanol–water partition coefficient (Wildman–Crippen LogP) is -3.80. The zero-order chi connectivity index (χ0) is 7.44. The molecule has 0 aromatic heterocycles. The van der Waals surface area contributed by atoms with E-state index in [0.29, 0.717) is 0 Å². The van der Waals surface area contributed by atoms with Crippen LogP contribution in [0.4, 0.5) is 0 Å². The number of carboxylic acids is 2. The SMILES string of the molecule is N[C@@H](CC(=O)[O-])C(=O)[O-].[Fe+3]. The summed E-state index contributed by atoms with van der Waals surface area (Å²) >= 11 is 0. The molecule has 0 aromatic rings. The van der Waals surface area contributed by atoms with E-state index >= 15 is 0 Å². The fourth-order valence-electron chi connectivity index (χ4n) is 0.263. The van der Waals surface area contributed by atoms with Gasteiger partial charge in [0.05, 0.1) is 5.97 Å². The second kappa shape index (κ2) is 5.22. The third-order valence-corrected chi connectivity index (χ3v) is 0.689. The predicted molar refractivity (Wildman–Crippen MR) is 22.6 cm³/mol. The molecule has 0 heterocycles. The number of rotatable bonds is 3. The second-order valence-corrected chi connectivity index (χ2v) is 1.50. The summed E-state index contributed by atoms with van der Waals surface area (Å²) in [6.45, 7) is 0. The second-order valence-electron chi connectivity index (χ2n) is 1.50. The van der Waals surface area contributed by atoms with E-state index in [2.05, 4.69) is 0 Å². The van der Waals surface area contributed by atoms with Crippen LogP contribution in [0.5, 0.6) is 0 Å². The quantitative estimate of drug-likeness (QED) is 0.456. The molecule has 0 unspecified atom stereocenters. The van der Waals surface area contributed by atoms with Crippen molar-refractivity contribution in [2.75, 3.05) is 0 Å². The monoisotopic (exact) mass is 187 g/mol. The third-order valence-electron chi connectivity index (χ3n) is 0.689. The van der Waals surface area contributed by atoms with Gasteiger partial charge in [-0.1, -0.05) is 0 Å². The Bertz CT molecular complexity index is 137. The van der Waals surface area contributed by atoms with Crippen molar-refractivity contribution in [2.45, 2.75) is 12.5 Å². The van der Waals surface area contributed by atoms with Gasteiger partial charge >= 0.3 is 17.1 Å². The maximum Gasteiger partial charge on any atom is 3.00 e.